The maximum atomic E-state index is 12.1. The zero-order valence-corrected chi connectivity index (χ0v) is 13.7. The minimum Gasteiger partial charge on any atom is -0.393 e. The molecule has 0 radical (unpaired) electrons. The molecule has 0 bridgehead atoms. The second-order valence-electron chi connectivity index (χ2n) is 5.66. The average Bonchev–Trinajstić information content (AvgIpc) is 2.37. The number of nitrogens with one attached hydrogen (secondary N) is 1. The number of nitrogens with two attached hydrogens (primary N) is 1. The fraction of sp³-hybridized carbons (Fsp3) is 0.500. The zero-order valence-electron chi connectivity index (χ0n) is 12.1. The third-order valence-electron chi connectivity index (χ3n) is 3.24. The van der Waals surface area contributed by atoms with Crippen molar-refractivity contribution in [2.24, 2.45) is 11.1 Å². The molecule has 0 amide bonds. The van der Waals surface area contributed by atoms with Crippen molar-refractivity contribution in [3.05, 3.63) is 35.9 Å². The zero-order chi connectivity index (χ0) is 15.4. The molecule has 0 saturated carbocycles. The van der Waals surface area contributed by atoms with Gasteiger partial charge in [0.15, 0.2) is 0 Å². The number of hydrogen-bond acceptors (Lipinski definition) is 3. The number of thiocarbonyl (C=S) groups is 1. The lowest BCUT2D eigenvalue weighted by Crippen LogP contribution is -2.42. The second-order valence-corrected chi connectivity index (χ2v) is 7.95. The molecule has 1 aromatic rings. The topological polar surface area (TPSA) is 72.2 Å². The van der Waals surface area contributed by atoms with Gasteiger partial charge in [-0.2, -0.15) is 0 Å². The van der Waals surface area contributed by atoms with Crippen molar-refractivity contribution in [1.82, 2.24) is 4.72 Å². The highest BCUT2D eigenvalue weighted by molar-refractivity contribution is 7.89. The van der Waals surface area contributed by atoms with E-state index in [-0.39, 0.29) is 18.2 Å². The lowest BCUT2D eigenvalue weighted by molar-refractivity contribution is 0.500. The Labute approximate surface area is 126 Å². The van der Waals surface area contributed by atoms with Crippen LogP contribution in [0.3, 0.4) is 0 Å². The van der Waals surface area contributed by atoms with Crippen molar-refractivity contribution in [2.45, 2.75) is 26.7 Å². The molecule has 6 heteroatoms. The van der Waals surface area contributed by atoms with Crippen molar-refractivity contribution in [1.29, 1.82) is 0 Å². The van der Waals surface area contributed by atoms with Crippen molar-refractivity contribution < 1.29 is 8.42 Å². The molecule has 20 heavy (non-hydrogen) atoms. The molecule has 0 fully saturated rings. The van der Waals surface area contributed by atoms with E-state index in [0.29, 0.717) is 4.99 Å². The first-order valence-electron chi connectivity index (χ1n) is 6.46. The van der Waals surface area contributed by atoms with E-state index in [2.05, 4.69) is 4.72 Å². The average molecular weight is 314 g/mol. The van der Waals surface area contributed by atoms with E-state index >= 15 is 0 Å². The Morgan fingerprint density at radius 2 is 1.90 bits per heavy atom. The molecule has 0 aromatic heterocycles. The lowest BCUT2D eigenvalue weighted by Gasteiger charge is -2.23. The summed E-state index contributed by atoms with van der Waals surface area (Å²) >= 11 is 4.93. The van der Waals surface area contributed by atoms with Crippen LogP contribution in [-0.2, 0) is 10.0 Å². The monoisotopic (exact) mass is 314 g/mol. The standard InChI is InChI=1S/C14H22N2O2S2/c1-11(12-7-5-4-6-8-12)9-20(17,18)16-10-14(2,3)13(15)19/h4-8,11,16H,9-10H2,1-3H3,(H2,15,19). The molecule has 3 N–H and O–H groups in total. The Balaban J connectivity index is 2.65. The predicted octanol–water partition coefficient (Wildman–Crippen LogP) is 2.02. The third kappa shape index (κ3) is 5.19. The minimum absolute atomic E-state index is 0.0461. The van der Waals surface area contributed by atoms with Gasteiger partial charge in [0.25, 0.3) is 0 Å². The van der Waals surface area contributed by atoms with E-state index in [1.54, 1.807) is 0 Å². The molecular formula is C14H22N2O2S2. The molecule has 0 saturated heterocycles. The van der Waals surface area contributed by atoms with Crippen molar-refractivity contribution >= 4 is 27.2 Å². The summed E-state index contributed by atoms with van der Waals surface area (Å²) in [6, 6.07) is 9.58. The highest BCUT2D eigenvalue weighted by Gasteiger charge is 2.25. The highest BCUT2D eigenvalue weighted by atomic mass is 32.2. The van der Waals surface area contributed by atoms with Crippen LogP contribution in [0.1, 0.15) is 32.3 Å². The van der Waals surface area contributed by atoms with Gasteiger partial charge in [0.2, 0.25) is 10.0 Å². The quantitative estimate of drug-likeness (QED) is 0.755. The molecule has 0 aliphatic rings. The van der Waals surface area contributed by atoms with Crippen molar-refractivity contribution in [2.75, 3.05) is 12.3 Å². The first-order valence-corrected chi connectivity index (χ1v) is 8.52. The third-order valence-corrected chi connectivity index (χ3v) is 5.31. The van der Waals surface area contributed by atoms with E-state index in [1.807, 2.05) is 51.1 Å². The molecule has 0 aliphatic heterocycles. The van der Waals surface area contributed by atoms with E-state index in [0.717, 1.165) is 5.56 Å². The summed E-state index contributed by atoms with van der Waals surface area (Å²) < 4.78 is 26.8. The van der Waals surface area contributed by atoms with E-state index in [1.165, 1.54) is 0 Å². The molecule has 1 atom stereocenters. The molecule has 1 aromatic carbocycles. The van der Waals surface area contributed by atoms with Gasteiger partial charge in [-0.15, -0.1) is 0 Å². The van der Waals surface area contributed by atoms with Crippen LogP contribution in [0.25, 0.3) is 0 Å². The van der Waals surface area contributed by atoms with Crippen LogP contribution in [0.5, 0.6) is 0 Å². The normalized spacial score (nSPS) is 13.9. The van der Waals surface area contributed by atoms with Gasteiger partial charge in [-0.25, -0.2) is 13.1 Å². The smallest absolute Gasteiger partial charge is 0.212 e. The molecule has 0 spiro atoms. The van der Waals surface area contributed by atoms with Gasteiger partial charge in [-0.05, 0) is 11.5 Å². The lowest BCUT2D eigenvalue weighted by atomic mass is 9.94. The van der Waals surface area contributed by atoms with Gasteiger partial charge in [0.05, 0.1) is 10.7 Å². The molecule has 1 rings (SSSR count). The van der Waals surface area contributed by atoms with Crippen LogP contribution < -0.4 is 10.5 Å². The van der Waals surface area contributed by atoms with Crippen LogP contribution in [0.4, 0.5) is 0 Å². The number of hydrogen-bond donors (Lipinski definition) is 2. The van der Waals surface area contributed by atoms with E-state index < -0.39 is 15.4 Å². The molecular weight excluding hydrogens is 292 g/mol. The molecule has 4 nitrogen and oxygen atoms in total. The Kier molecular flexibility index (Phi) is 5.68. The highest BCUT2D eigenvalue weighted by Crippen LogP contribution is 2.18. The Bertz CT molecular complexity index is 554. The summed E-state index contributed by atoms with van der Waals surface area (Å²) in [6.07, 6.45) is 0. The van der Waals surface area contributed by atoms with Crippen molar-refractivity contribution in [3.8, 4) is 0 Å². The molecule has 112 valence electrons. The summed E-state index contributed by atoms with van der Waals surface area (Å²) in [4.78, 5) is 0.302. The van der Waals surface area contributed by atoms with Crippen LogP contribution in [-0.4, -0.2) is 25.7 Å². The van der Waals surface area contributed by atoms with Gasteiger partial charge >= 0.3 is 0 Å². The predicted molar refractivity (Wildman–Crippen MR) is 87.2 cm³/mol. The fourth-order valence-corrected chi connectivity index (χ4v) is 3.26. The van der Waals surface area contributed by atoms with Crippen LogP contribution >= 0.6 is 12.2 Å². The van der Waals surface area contributed by atoms with Crippen LogP contribution in [0, 0.1) is 5.41 Å². The molecule has 1 unspecified atom stereocenters. The van der Waals surface area contributed by atoms with Crippen LogP contribution in [0.15, 0.2) is 30.3 Å². The van der Waals surface area contributed by atoms with Gasteiger partial charge in [-0.1, -0.05) is 63.3 Å². The number of rotatable bonds is 7. The Morgan fingerprint density at radius 1 is 1.35 bits per heavy atom. The number of benzene rings is 1. The largest absolute Gasteiger partial charge is 0.393 e. The van der Waals surface area contributed by atoms with E-state index in [4.69, 9.17) is 18.0 Å². The first-order chi connectivity index (χ1) is 9.14. The summed E-state index contributed by atoms with van der Waals surface area (Å²) in [5.74, 6) is -0.0219. The van der Waals surface area contributed by atoms with Gasteiger partial charge < -0.3 is 5.73 Å². The van der Waals surface area contributed by atoms with Crippen LogP contribution in [0.2, 0.25) is 0 Å². The number of sulfonamides is 1. The van der Waals surface area contributed by atoms with E-state index in [9.17, 15) is 8.42 Å². The molecule has 0 heterocycles. The van der Waals surface area contributed by atoms with Gasteiger partial charge in [0, 0.05) is 12.0 Å². The van der Waals surface area contributed by atoms with Crippen molar-refractivity contribution in [3.63, 3.8) is 0 Å². The minimum atomic E-state index is -3.36. The second kappa shape index (κ2) is 6.65. The molecule has 0 aliphatic carbocycles. The van der Waals surface area contributed by atoms with Gasteiger partial charge in [0.1, 0.15) is 0 Å². The summed E-state index contributed by atoms with van der Waals surface area (Å²) in [5, 5.41) is 0. The summed E-state index contributed by atoms with van der Waals surface area (Å²) in [5.41, 5.74) is 6.07. The SMILES string of the molecule is CC(CS(=O)(=O)NCC(C)(C)C(N)=S)c1ccccc1. The fourth-order valence-electron chi connectivity index (χ4n) is 1.64. The first kappa shape index (κ1) is 17.1. The summed E-state index contributed by atoms with van der Waals surface area (Å²) in [7, 11) is -3.36. The maximum absolute atomic E-state index is 12.1. The summed E-state index contributed by atoms with van der Waals surface area (Å²) in [6.45, 7) is 5.75. The van der Waals surface area contributed by atoms with Gasteiger partial charge in [-0.3, -0.25) is 0 Å². The maximum Gasteiger partial charge on any atom is 0.212 e. The Morgan fingerprint density at radius 3 is 2.40 bits per heavy atom. The Hall–Kier alpha value is -0.980.